The average Bonchev–Trinajstić information content (AvgIpc) is 2.49. The summed E-state index contributed by atoms with van der Waals surface area (Å²) >= 11 is 0. The lowest BCUT2D eigenvalue weighted by molar-refractivity contribution is 0.0591. The number of aliphatic hydroxyl groups is 1. The lowest BCUT2D eigenvalue weighted by Crippen LogP contribution is -2.49. The van der Waals surface area contributed by atoms with Gasteiger partial charge in [-0.3, -0.25) is 4.90 Å². The van der Waals surface area contributed by atoms with E-state index in [4.69, 9.17) is 0 Å². The Morgan fingerprint density at radius 2 is 2.09 bits per heavy atom. The van der Waals surface area contributed by atoms with Crippen molar-refractivity contribution >= 4 is 0 Å². The fourth-order valence-corrected chi connectivity index (χ4v) is 3.26. The molecule has 1 aromatic rings. The summed E-state index contributed by atoms with van der Waals surface area (Å²) < 4.78 is 13.8. The molecule has 0 spiro atoms. The van der Waals surface area contributed by atoms with Crippen molar-refractivity contribution in [1.82, 2.24) is 9.80 Å². The Bertz CT molecular complexity index is 478. The number of nitrogens with zero attached hydrogens (tertiary/aromatic N) is 2. The number of rotatable bonds is 6. The molecule has 0 saturated carbocycles. The molecule has 3 nitrogen and oxygen atoms in total. The van der Waals surface area contributed by atoms with Gasteiger partial charge in [0, 0.05) is 43.3 Å². The molecule has 1 aromatic carbocycles. The van der Waals surface area contributed by atoms with Gasteiger partial charge in [0.25, 0.3) is 0 Å². The van der Waals surface area contributed by atoms with Gasteiger partial charge in [0.15, 0.2) is 0 Å². The molecule has 1 heterocycles. The van der Waals surface area contributed by atoms with Crippen LogP contribution < -0.4 is 0 Å². The van der Waals surface area contributed by atoms with Crippen LogP contribution in [0.4, 0.5) is 4.39 Å². The molecule has 2 rings (SSSR count). The van der Waals surface area contributed by atoms with Gasteiger partial charge < -0.3 is 10.0 Å². The summed E-state index contributed by atoms with van der Waals surface area (Å²) in [5.74, 6) is -0.112. The van der Waals surface area contributed by atoms with Crippen molar-refractivity contribution in [3.05, 3.63) is 35.6 Å². The predicted octanol–water partition coefficient (Wildman–Crippen LogP) is 2.74. The normalized spacial score (nSPS) is 20.5. The van der Waals surface area contributed by atoms with Crippen LogP contribution in [-0.4, -0.2) is 54.2 Å². The molecule has 0 unspecified atom stereocenters. The Kier molecular flexibility index (Phi) is 5.95. The van der Waals surface area contributed by atoms with Crippen molar-refractivity contribution in [1.29, 1.82) is 0 Å². The first-order valence-corrected chi connectivity index (χ1v) is 8.18. The Morgan fingerprint density at radius 3 is 2.77 bits per heavy atom. The van der Waals surface area contributed by atoms with E-state index in [-0.39, 0.29) is 17.8 Å². The standard InChI is InChI=1S/C18H29FN2O/c1-18(2,14-22)13-20(3)16-8-6-10-21(12-16)11-15-7-4-5-9-17(15)19/h4-5,7,9,16,22H,6,8,10-14H2,1-3H3/t16-/m0/s1. The molecule has 4 heteroatoms. The van der Waals surface area contributed by atoms with Crippen LogP contribution in [0.2, 0.25) is 0 Å². The van der Waals surface area contributed by atoms with E-state index < -0.39 is 0 Å². The molecular weight excluding hydrogens is 279 g/mol. The van der Waals surface area contributed by atoms with E-state index >= 15 is 0 Å². The molecule has 0 aliphatic carbocycles. The van der Waals surface area contributed by atoms with E-state index in [1.807, 2.05) is 12.1 Å². The van der Waals surface area contributed by atoms with E-state index in [2.05, 4.69) is 30.7 Å². The predicted molar refractivity (Wildman–Crippen MR) is 88.2 cm³/mol. The molecule has 1 aliphatic rings. The largest absolute Gasteiger partial charge is 0.396 e. The summed E-state index contributed by atoms with van der Waals surface area (Å²) in [6.45, 7) is 7.92. The van der Waals surface area contributed by atoms with Gasteiger partial charge >= 0.3 is 0 Å². The van der Waals surface area contributed by atoms with Crippen LogP contribution in [0.15, 0.2) is 24.3 Å². The van der Waals surface area contributed by atoms with E-state index in [9.17, 15) is 9.50 Å². The van der Waals surface area contributed by atoms with Crippen molar-refractivity contribution in [3.8, 4) is 0 Å². The van der Waals surface area contributed by atoms with Crippen LogP contribution in [0.5, 0.6) is 0 Å². The second-order valence-corrected chi connectivity index (χ2v) is 7.36. The van der Waals surface area contributed by atoms with E-state index in [1.165, 1.54) is 12.5 Å². The number of likely N-dealkylation sites (tertiary alicyclic amines) is 1. The number of piperidine rings is 1. The lowest BCUT2D eigenvalue weighted by Gasteiger charge is -2.40. The molecular formula is C18H29FN2O. The molecule has 1 aliphatic heterocycles. The zero-order valence-electron chi connectivity index (χ0n) is 14.1. The second kappa shape index (κ2) is 7.53. The number of likely N-dealkylation sites (N-methyl/N-ethyl adjacent to an activating group) is 1. The van der Waals surface area contributed by atoms with Gasteiger partial charge in [-0.2, -0.15) is 0 Å². The van der Waals surface area contributed by atoms with Crippen LogP contribution in [0.1, 0.15) is 32.3 Å². The van der Waals surface area contributed by atoms with Crippen molar-refractivity contribution in [2.45, 2.75) is 39.3 Å². The smallest absolute Gasteiger partial charge is 0.127 e. The Hall–Kier alpha value is -0.970. The molecule has 1 saturated heterocycles. The SMILES string of the molecule is CN(CC(C)(C)CO)[C@H]1CCCN(Cc2ccccc2F)C1. The highest BCUT2D eigenvalue weighted by molar-refractivity contribution is 5.17. The highest BCUT2D eigenvalue weighted by Crippen LogP contribution is 2.22. The first kappa shape index (κ1) is 17.4. The van der Waals surface area contributed by atoms with E-state index in [1.54, 1.807) is 6.07 Å². The summed E-state index contributed by atoms with van der Waals surface area (Å²) in [5, 5.41) is 9.44. The monoisotopic (exact) mass is 308 g/mol. The molecule has 0 bridgehead atoms. The zero-order valence-corrected chi connectivity index (χ0v) is 14.1. The van der Waals surface area contributed by atoms with Gasteiger partial charge in [0.05, 0.1) is 0 Å². The van der Waals surface area contributed by atoms with E-state index in [0.717, 1.165) is 31.6 Å². The maximum Gasteiger partial charge on any atom is 0.127 e. The molecule has 1 fully saturated rings. The van der Waals surface area contributed by atoms with Gasteiger partial charge in [-0.25, -0.2) is 4.39 Å². The highest BCUT2D eigenvalue weighted by Gasteiger charge is 2.27. The minimum absolute atomic E-state index is 0.0808. The van der Waals surface area contributed by atoms with Gasteiger partial charge in [-0.05, 0) is 32.5 Å². The second-order valence-electron chi connectivity index (χ2n) is 7.36. The van der Waals surface area contributed by atoms with E-state index in [0.29, 0.717) is 12.6 Å². The topological polar surface area (TPSA) is 26.7 Å². The first-order valence-electron chi connectivity index (χ1n) is 8.18. The summed E-state index contributed by atoms with van der Waals surface area (Å²) in [6, 6.07) is 7.52. The summed E-state index contributed by atoms with van der Waals surface area (Å²) in [7, 11) is 2.13. The van der Waals surface area contributed by atoms with Crippen molar-refractivity contribution in [2.24, 2.45) is 5.41 Å². The molecule has 0 aromatic heterocycles. The van der Waals surface area contributed by atoms with Crippen LogP contribution in [0.3, 0.4) is 0 Å². The third kappa shape index (κ3) is 4.77. The minimum Gasteiger partial charge on any atom is -0.396 e. The average molecular weight is 308 g/mol. The molecule has 0 amide bonds. The quantitative estimate of drug-likeness (QED) is 0.875. The van der Waals surface area contributed by atoms with Crippen molar-refractivity contribution in [3.63, 3.8) is 0 Å². The Balaban J connectivity index is 1.93. The third-order valence-corrected chi connectivity index (χ3v) is 4.56. The first-order chi connectivity index (χ1) is 10.4. The summed E-state index contributed by atoms with van der Waals surface area (Å²) in [6.07, 6.45) is 2.31. The Morgan fingerprint density at radius 1 is 1.36 bits per heavy atom. The van der Waals surface area contributed by atoms with Crippen LogP contribution >= 0.6 is 0 Å². The van der Waals surface area contributed by atoms with Gasteiger partial charge in [0.2, 0.25) is 0 Å². The number of aliphatic hydroxyl groups excluding tert-OH is 1. The highest BCUT2D eigenvalue weighted by atomic mass is 19.1. The molecule has 124 valence electrons. The van der Waals surface area contributed by atoms with Gasteiger partial charge in [-0.1, -0.05) is 32.0 Å². The maximum absolute atomic E-state index is 13.8. The van der Waals surface area contributed by atoms with Crippen molar-refractivity contribution < 1.29 is 9.50 Å². The molecule has 1 N–H and O–H groups in total. The van der Waals surface area contributed by atoms with Crippen LogP contribution in [-0.2, 0) is 6.54 Å². The Labute approximate surface area is 133 Å². The van der Waals surface area contributed by atoms with Gasteiger partial charge in [-0.15, -0.1) is 0 Å². The lowest BCUT2D eigenvalue weighted by atomic mass is 9.92. The minimum atomic E-state index is -0.112. The van der Waals surface area contributed by atoms with Gasteiger partial charge in [0.1, 0.15) is 5.82 Å². The number of hydrogen-bond acceptors (Lipinski definition) is 3. The number of halogens is 1. The third-order valence-electron chi connectivity index (χ3n) is 4.56. The van der Waals surface area contributed by atoms with Crippen molar-refractivity contribution in [2.75, 3.05) is 33.3 Å². The molecule has 22 heavy (non-hydrogen) atoms. The van der Waals surface area contributed by atoms with Crippen LogP contribution in [0, 0.1) is 11.2 Å². The fraction of sp³-hybridized carbons (Fsp3) is 0.667. The fourth-order valence-electron chi connectivity index (χ4n) is 3.26. The maximum atomic E-state index is 13.8. The summed E-state index contributed by atoms with van der Waals surface area (Å²) in [4.78, 5) is 4.69. The number of hydrogen-bond donors (Lipinski definition) is 1. The molecule has 1 atom stereocenters. The summed E-state index contributed by atoms with van der Waals surface area (Å²) in [5.41, 5.74) is 0.698. The zero-order chi connectivity index (χ0) is 16.2. The molecule has 0 radical (unpaired) electrons. The van der Waals surface area contributed by atoms with Crippen LogP contribution in [0.25, 0.3) is 0 Å². The number of benzene rings is 1.